The maximum atomic E-state index is 13.0. The maximum absolute atomic E-state index is 13.0. The molecule has 69 heavy (non-hydrogen) atoms. The van der Waals surface area contributed by atoms with Crippen LogP contribution in [0.2, 0.25) is 0 Å². The van der Waals surface area contributed by atoms with Crippen molar-refractivity contribution in [3.05, 3.63) is 97.2 Å². The third-order valence-electron chi connectivity index (χ3n) is 12.6. The minimum Gasteiger partial charge on any atom is -0.394 e. The normalized spacial score (nSPS) is 20.2. The van der Waals surface area contributed by atoms with Crippen LogP contribution in [-0.4, -0.2) is 87.5 Å². The van der Waals surface area contributed by atoms with E-state index in [2.05, 4.69) is 104 Å². The Labute approximate surface area is 422 Å². The number of allylic oxidation sites excluding steroid dienone is 15. The summed E-state index contributed by atoms with van der Waals surface area (Å²) < 4.78 is 11.2. The Morgan fingerprint density at radius 2 is 0.913 bits per heavy atom. The molecule has 6 N–H and O–H groups in total. The van der Waals surface area contributed by atoms with Gasteiger partial charge in [0, 0.05) is 6.42 Å². The highest BCUT2D eigenvalue weighted by Gasteiger charge is 2.44. The summed E-state index contributed by atoms with van der Waals surface area (Å²) in [5.41, 5.74) is 0. The summed E-state index contributed by atoms with van der Waals surface area (Å²) in [7, 11) is 0. The van der Waals surface area contributed by atoms with E-state index in [4.69, 9.17) is 9.47 Å². The van der Waals surface area contributed by atoms with E-state index in [0.29, 0.717) is 6.42 Å². The number of aliphatic hydroxyl groups excluding tert-OH is 5. The SMILES string of the molecule is CC/C=C\C/C=C\C/C=C\C/C=C\C/C=C\CCCCCCCCCCCCCCCCCC(=O)NC(COC1OC(CO)C(O)C(O)C1O)C(O)/C=C/CC/C=C/CC/C=C/CCCCCCC. The molecule has 396 valence electrons. The van der Waals surface area contributed by atoms with Gasteiger partial charge in [0.1, 0.15) is 24.4 Å². The lowest BCUT2D eigenvalue weighted by atomic mass is 9.99. The van der Waals surface area contributed by atoms with Crippen LogP contribution >= 0.6 is 0 Å². The van der Waals surface area contributed by atoms with Crippen LogP contribution in [0.25, 0.3) is 0 Å². The topological polar surface area (TPSA) is 149 Å². The van der Waals surface area contributed by atoms with E-state index in [1.165, 1.54) is 116 Å². The van der Waals surface area contributed by atoms with Crippen molar-refractivity contribution in [1.29, 1.82) is 0 Å². The fourth-order valence-corrected chi connectivity index (χ4v) is 8.21. The second-order valence-corrected chi connectivity index (χ2v) is 19.0. The molecule has 0 bridgehead atoms. The predicted molar refractivity (Wildman–Crippen MR) is 290 cm³/mol. The number of hydrogen-bond donors (Lipinski definition) is 6. The molecular weight excluding hydrogens is 863 g/mol. The van der Waals surface area contributed by atoms with Gasteiger partial charge in [0.2, 0.25) is 5.91 Å². The van der Waals surface area contributed by atoms with Gasteiger partial charge in [-0.1, -0.05) is 220 Å². The molecule has 1 fully saturated rings. The second kappa shape index (κ2) is 48.7. The molecule has 0 radical (unpaired) electrons. The first kappa shape index (κ1) is 64.1. The monoisotopic (exact) mass is 966 g/mol. The van der Waals surface area contributed by atoms with E-state index in [1.54, 1.807) is 6.08 Å². The van der Waals surface area contributed by atoms with Crippen molar-refractivity contribution < 1.29 is 39.8 Å². The van der Waals surface area contributed by atoms with Gasteiger partial charge in [-0.2, -0.15) is 0 Å². The van der Waals surface area contributed by atoms with E-state index < -0.39 is 49.5 Å². The van der Waals surface area contributed by atoms with Crippen LogP contribution in [0.1, 0.15) is 219 Å². The number of carbonyl (C=O) groups excluding carboxylic acids is 1. The first-order chi connectivity index (χ1) is 33.8. The van der Waals surface area contributed by atoms with Crippen LogP contribution in [-0.2, 0) is 14.3 Å². The highest BCUT2D eigenvalue weighted by Crippen LogP contribution is 2.23. The second-order valence-electron chi connectivity index (χ2n) is 19.0. The molecule has 0 aliphatic carbocycles. The molecule has 0 spiro atoms. The van der Waals surface area contributed by atoms with Gasteiger partial charge in [-0.25, -0.2) is 0 Å². The number of rotatable bonds is 46. The predicted octanol–water partition coefficient (Wildman–Crippen LogP) is 13.6. The van der Waals surface area contributed by atoms with Gasteiger partial charge >= 0.3 is 0 Å². The zero-order chi connectivity index (χ0) is 50.1. The van der Waals surface area contributed by atoms with Gasteiger partial charge in [-0.05, 0) is 89.9 Å². The molecule has 1 saturated heterocycles. The molecule has 0 aromatic carbocycles. The molecule has 9 nitrogen and oxygen atoms in total. The summed E-state index contributed by atoms with van der Waals surface area (Å²) in [5, 5.41) is 54.4. The summed E-state index contributed by atoms with van der Waals surface area (Å²) in [6.07, 6.45) is 63.3. The highest BCUT2D eigenvalue weighted by atomic mass is 16.7. The molecular formula is C60H103NO8. The Kier molecular flexibility index (Phi) is 45.3. The molecule has 7 unspecified atom stereocenters. The Balaban J connectivity index is 2.20. The molecule has 1 rings (SSSR count). The number of ether oxygens (including phenoxy) is 2. The van der Waals surface area contributed by atoms with Crippen LogP contribution in [0, 0.1) is 0 Å². The molecule has 1 aliphatic rings. The number of hydrogen-bond acceptors (Lipinski definition) is 8. The van der Waals surface area contributed by atoms with Crippen LogP contribution < -0.4 is 5.32 Å². The molecule has 1 amide bonds. The third kappa shape index (κ3) is 38.5. The average Bonchev–Trinajstić information content (AvgIpc) is 3.35. The highest BCUT2D eigenvalue weighted by molar-refractivity contribution is 5.76. The Bertz CT molecular complexity index is 1400. The van der Waals surface area contributed by atoms with Crippen molar-refractivity contribution in [2.24, 2.45) is 0 Å². The van der Waals surface area contributed by atoms with E-state index in [1.807, 2.05) is 6.08 Å². The number of amides is 1. The zero-order valence-electron chi connectivity index (χ0n) is 43.8. The smallest absolute Gasteiger partial charge is 0.220 e. The van der Waals surface area contributed by atoms with Gasteiger partial charge in [0.05, 0.1) is 25.4 Å². The lowest BCUT2D eigenvalue weighted by Gasteiger charge is -2.40. The number of carbonyl (C=O) groups is 1. The lowest BCUT2D eigenvalue weighted by molar-refractivity contribution is -0.302. The molecule has 0 aromatic heterocycles. The maximum Gasteiger partial charge on any atom is 0.220 e. The Hall–Kier alpha value is -2.89. The summed E-state index contributed by atoms with van der Waals surface area (Å²) in [6.45, 7) is 3.62. The third-order valence-corrected chi connectivity index (χ3v) is 12.6. The van der Waals surface area contributed by atoms with E-state index in [-0.39, 0.29) is 12.5 Å². The molecule has 0 aromatic rings. The van der Waals surface area contributed by atoms with Crippen molar-refractivity contribution >= 4 is 5.91 Å². The fourth-order valence-electron chi connectivity index (χ4n) is 8.21. The van der Waals surface area contributed by atoms with Gasteiger partial charge in [-0.15, -0.1) is 0 Å². The van der Waals surface area contributed by atoms with Gasteiger partial charge < -0.3 is 40.3 Å². The molecule has 1 aliphatic heterocycles. The average molecular weight is 966 g/mol. The van der Waals surface area contributed by atoms with Crippen molar-refractivity contribution in [1.82, 2.24) is 5.32 Å². The minimum atomic E-state index is -1.58. The van der Waals surface area contributed by atoms with Crippen molar-refractivity contribution in [3.8, 4) is 0 Å². The standard InChI is InChI=1S/C60H103NO8/c1-3-5-7-9-11-13-15-17-19-20-21-22-23-24-25-26-27-28-29-30-31-32-33-34-36-38-40-42-44-46-48-50-56(64)61-53(52-68-60-59(67)58(66)57(65)55(51-62)69-60)54(63)49-47-45-43-41-39-37-35-18-16-14-12-10-8-6-4-2/h5,7,11,13,16-19,21-22,24-25,39,41,47,49,53-55,57-60,62-63,65-67H,3-4,6,8-10,12,14-15,20,23,26-38,40,42-46,48,50-52H2,1-2H3,(H,61,64)/b7-5-,13-11-,18-16+,19-17-,22-21-,25-24-,41-39+,49-47+. The Morgan fingerprint density at radius 3 is 1.39 bits per heavy atom. The molecule has 9 heteroatoms. The number of unbranched alkanes of at least 4 members (excludes halogenated alkanes) is 22. The van der Waals surface area contributed by atoms with E-state index >= 15 is 0 Å². The van der Waals surface area contributed by atoms with Gasteiger partial charge in [0.25, 0.3) is 0 Å². The summed E-state index contributed by atoms with van der Waals surface area (Å²) in [5.74, 6) is -0.195. The largest absolute Gasteiger partial charge is 0.394 e. The lowest BCUT2D eigenvalue weighted by Crippen LogP contribution is -2.60. The molecule has 1 heterocycles. The fraction of sp³-hybridized carbons (Fsp3) is 0.717. The quantitative estimate of drug-likeness (QED) is 0.0261. The van der Waals surface area contributed by atoms with Crippen LogP contribution in [0.15, 0.2) is 97.2 Å². The molecule has 7 atom stereocenters. The van der Waals surface area contributed by atoms with Crippen LogP contribution in [0.4, 0.5) is 0 Å². The van der Waals surface area contributed by atoms with Crippen LogP contribution in [0.3, 0.4) is 0 Å². The Morgan fingerprint density at radius 1 is 0.507 bits per heavy atom. The minimum absolute atomic E-state index is 0.195. The molecule has 0 saturated carbocycles. The number of nitrogens with one attached hydrogen (secondary N) is 1. The summed E-state index contributed by atoms with van der Waals surface area (Å²) >= 11 is 0. The summed E-state index contributed by atoms with van der Waals surface area (Å²) in [6, 6.07) is -0.833. The van der Waals surface area contributed by atoms with Gasteiger partial charge in [-0.3, -0.25) is 4.79 Å². The zero-order valence-corrected chi connectivity index (χ0v) is 43.8. The first-order valence-corrected chi connectivity index (χ1v) is 28.0. The van der Waals surface area contributed by atoms with Crippen LogP contribution in [0.5, 0.6) is 0 Å². The van der Waals surface area contributed by atoms with Crippen molar-refractivity contribution in [2.45, 2.75) is 262 Å². The van der Waals surface area contributed by atoms with E-state index in [9.17, 15) is 30.3 Å². The van der Waals surface area contributed by atoms with Crippen molar-refractivity contribution in [2.75, 3.05) is 13.2 Å². The van der Waals surface area contributed by atoms with E-state index in [0.717, 1.165) is 83.5 Å². The summed E-state index contributed by atoms with van der Waals surface area (Å²) in [4.78, 5) is 13.0. The number of aliphatic hydroxyl groups is 5. The first-order valence-electron chi connectivity index (χ1n) is 28.0. The van der Waals surface area contributed by atoms with Crippen molar-refractivity contribution in [3.63, 3.8) is 0 Å². The van der Waals surface area contributed by atoms with Gasteiger partial charge in [0.15, 0.2) is 6.29 Å².